The molecule has 0 amide bonds. The van der Waals surface area contributed by atoms with Crippen molar-refractivity contribution < 1.29 is 9.84 Å². The summed E-state index contributed by atoms with van der Waals surface area (Å²) < 4.78 is 5.93. The van der Waals surface area contributed by atoms with Gasteiger partial charge in [0.15, 0.2) is 0 Å². The highest BCUT2D eigenvalue weighted by atomic mass is 79.9. The predicted octanol–water partition coefficient (Wildman–Crippen LogP) is 2.33. The molecule has 0 aliphatic carbocycles. The lowest BCUT2D eigenvalue weighted by Gasteiger charge is -2.12. The van der Waals surface area contributed by atoms with Crippen LogP contribution in [0.2, 0.25) is 0 Å². The number of aromatic nitrogens is 2. The third-order valence-electron chi connectivity index (χ3n) is 2.39. The van der Waals surface area contributed by atoms with E-state index in [4.69, 9.17) is 4.74 Å². The molecule has 1 aromatic carbocycles. The van der Waals surface area contributed by atoms with Gasteiger partial charge in [-0.15, -0.1) is 0 Å². The molecule has 0 fully saturated rings. The van der Waals surface area contributed by atoms with Crippen molar-refractivity contribution in [2.45, 2.75) is 6.10 Å². The summed E-state index contributed by atoms with van der Waals surface area (Å²) in [6.07, 6.45) is 3.88. The number of nitrogens with zero attached hydrogens (tertiary/aromatic N) is 2. The second kappa shape index (κ2) is 5.25. The van der Waals surface area contributed by atoms with Crippen molar-refractivity contribution in [1.82, 2.24) is 9.97 Å². The minimum absolute atomic E-state index is 0.657. The lowest BCUT2D eigenvalue weighted by atomic mass is 10.0. The highest BCUT2D eigenvalue weighted by Gasteiger charge is 2.12. The van der Waals surface area contributed by atoms with Gasteiger partial charge in [-0.2, -0.15) is 0 Å². The van der Waals surface area contributed by atoms with Crippen LogP contribution in [-0.4, -0.2) is 22.2 Å². The summed E-state index contributed by atoms with van der Waals surface area (Å²) in [6.45, 7) is 0. The zero-order valence-corrected chi connectivity index (χ0v) is 10.8. The standard InChI is InChI=1S/C12H11BrN2O2/c1-17-11-3-2-8(4-10(11)13)12(16)9-5-14-7-15-6-9/h2-7,12,16H,1H3. The number of methoxy groups -OCH3 is 1. The lowest BCUT2D eigenvalue weighted by Crippen LogP contribution is -2.01. The summed E-state index contributed by atoms with van der Waals surface area (Å²) in [5.74, 6) is 0.727. The minimum atomic E-state index is -0.738. The number of aliphatic hydroxyl groups is 1. The van der Waals surface area contributed by atoms with E-state index in [9.17, 15) is 5.11 Å². The molecule has 0 saturated carbocycles. The van der Waals surface area contributed by atoms with Gasteiger partial charge >= 0.3 is 0 Å². The van der Waals surface area contributed by atoms with Crippen LogP contribution in [-0.2, 0) is 0 Å². The maximum Gasteiger partial charge on any atom is 0.133 e. The van der Waals surface area contributed by atoms with Crippen LogP contribution in [0.1, 0.15) is 17.2 Å². The highest BCUT2D eigenvalue weighted by Crippen LogP contribution is 2.30. The topological polar surface area (TPSA) is 55.2 Å². The highest BCUT2D eigenvalue weighted by molar-refractivity contribution is 9.10. The van der Waals surface area contributed by atoms with E-state index in [1.165, 1.54) is 6.33 Å². The summed E-state index contributed by atoms with van der Waals surface area (Å²) in [4.78, 5) is 7.76. The Kier molecular flexibility index (Phi) is 3.71. The molecular weight excluding hydrogens is 284 g/mol. The van der Waals surface area contributed by atoms with Gasteiger partial charge in [-0.05, 0) is 33.6 Å². The predicted molar refractivity (Wildman–Crippen MR) is 66.8 cm³/mol. The van der Waals surface area contributed by atoms with Gasteiger partial charge in [0.2, 0.25) is 0 Å². The number of ether oxygens (including phenoxy) is 1. The second-order valence-electron chi connectivity index (χ2n) is 3.47. The average Bonchev–Trinajstić information content (AvgIpc) is 2.39. The quantitative estimate of drug-likeness (QED) is 0.944. The molecule has 1 aromatic heterocycles. The average molecular weight is 295 g/mol. The van der Waals surface area contributed by atoms with E-state index in [0.29, 0.717) is 5.56 Å². The summed E-state index contributed by atoms with van der Waals surface area (Å²) >= 11 is 3.38. The van der Waals surface area contributed by atoms with Gasteiger partial charge in [0, 0.05) is 18.0 Å². The van der Waals surface area contributed by atoms with Crippen molar-refractivity contribution in [3.63, 3.8) is 0 Å². The van der Waals surface area contributed by atoms with E-state index >= 15 is 0 Å². The summed E-state index contributed by atoms with van der Waals surface area (Å²) in [5, 5.41) is 10.1. The number of hydrogen-bond donors (Lipinski definition) is 1. The molecule has 4 nitrogen and oxygen atoms in total. The molecule has 1 atom stereocenters. The van der Waals surface area contributed by atoms with Crippen LogP contribution in [0.15, 0.2) is 41.4 Å². The van der Waals surface area contributed by atoms with Crippen molar-refractivity contribution in [2.24, 2.45) is 0 Å². The first-order chi connectivity index (χ1) is 8.22. The number of halogens is 1. The van der Waals surface area contributed by atoms with Gasteiger partial charge in [0.05, 0.1) is 11.6 Å². The Labute approximate surface area is 107 Å². The van der Waals surface area contributed by atoms with Crippen LogP contribution < -0.4 is 4.74 Å². The molecule has 0 spiro atoms. The molecule has 88 valence electrons. The lowest BCUT2D eigenvalue weighted by molar-refractivity contribution is 0.219. The fraction of sp³-hybridized carbons (Fsp3) is 0.167. The Bertz CT molecular complexity index is 505. The summed E-state index contributed by atoms with van der Waals surface area (Å²) in [7, 11) is 1.60. The molecule has 0 saturated heterocycles. The van der Waals surface area contributed by atoms with Crippen LogP contribution in [0.25, 0.3) is 0 Å². The van der Waals surface area contributed by atoms with E-state index in [-0.39, 0.29) is 0 Å². The first kappa shape index (κ1) is 12.0. The van der Waals surface area contributed by atoms with Crippen molar-refractivity contribution in [1.29, 1.82) is 0 Å². The van der Waals surface area contributed by atoms with E-state index in [1.54, 1.807) is 31.6 Å². The Balaban J connectivity index is 2.32. The van der Waals surface area contributed by atoms with Gasteiger partial charge in [0.1, 0.15) is 18.2 Å². The summed E-state index contributed by atoms with van der Waals surface area (Å²) in [5.41, 5.74) is 1.41. The van der Waals surface area contributed by atoms with Crippen molar-refractivity contribution >= 4 is 15.9 Å². The molecule has 2 rings (SSSR count). The Morgan fingerprint density at radius 3 is 2.53 bits per heavy atom. The SMILES string of the molecule is COc1ccc(C(O)c2cncnc2)cc1Br. The maximum atomic E-state index is 10.1. The Morgan fingerprint density at radius 2 is 1.94 bits per heavy atom. The number of rotatable bonds is 3. The monoisotopic (exact) mass is 294 g/mol. The van der Waals surface area contributed by atoms with Gasteiger partial charge in [-0.25, -0.2) is 9.97 Å². The van der Waals surface area contributed by atoms with Crippen LogP contribution in [0.4, 0.5) is 0 Å². The van der Waals surface area contributed by atoms with E-state index < -0.39 is 6.10 Å². The normalized spacial score (nSPS) is 12.2. The van der Waals surface area contributed by atoms with Gasteiger partial charge in [0.25, 0.3) is 0 Å². The molecule has 17 heavy (non-hydrogen) atoms. The molecule has 5 heteroatoms. The van der Waals surface area contributed by atoms with Crippen LogP contribution in [0, 0.1) is 0 Å². The zero-order valence-electron chi connectivity index (χ0n) is 9.17. The van der Waals surface area contributed by atoms with Crippen molar-refractivity contribution in [2.75, 3.05) is 7.11 Å². The smallest absolute Gasteiger partial charge is 0.133 e. The zero-order chi connectivity index (χ0) is 12.3. The molecule has 1 N–H and O–H groups in total. The van der Waals surface area contributed by atoms with E-state index in [0.717, 1.165) is 15.8 Å². The largest absolute Gasteiger partial charge is 0.496 e. The number of hydrogen-bond acceptors (Lipinski definition) is 4. The molecule has 1 unspecified atom stereocenters. The molecule has 2 aromatic rings. The molecule has 0 radical (unpaired) electrons. The van der Waals surface area contributed by atoms with Crippen molar-refractivity contribution in [3.05, 3.63) is 52.5 Å². The summed E-state index contributed by atoms with van der Waals surface area (Å²) in [6, 6.07) is 5.42. The third-order valence-corrected chi connectivity index (χ3v) is 3.01. The van der Waals surface area contributed by atoms with Crippen molar-refractivity contribution in [3.8, 4) is 5.75 Å². The maximum absolute atomic E-state index is 10.1. The van der Waals surface area contributed by atoms with Gasteiger partial charge in [-0.1, -0.05) is 6.07 Å². The first-order valence-corrected chi connectivity index (χ1v) is 5.78. The van der Waals surface area contributed by atoms with E-state index in [1.807, 2.05) is 6.07 Å². The molecular formula is C12H11BrN2O2. The fourth-order valence-electron chi connectivity index (χ4n) is 1.50. The number of benzene rings is 1. The molecule has 0 bridgehead atoms. The Hall–Kier alpha value is -1.46. The number of aliphatic hydroxyl groups excluding tert-OH is 1. The second-order valence-corrected chi connectivity index (χ2v) is 4.32. The van der Waals surface area contributed by atoms with Crippen LogP contribution >= 0.6 is 15.9 Å². The fourth-order valence-corrected chi connectivity index (χ4v) is 2.06. The molecule has 1 heterocycles. The molecule has 0 aliphatic heterocycles. The minimum Gasteiger partial charge on any atom is -0.496 e. The molecule has 0 aliphatic rings. The first-order valence-electron chi connectivity index (χ1n) is 4.99. The van der Waals surface area contributed by atoms with E-state index in [2.05, 4.69) is 25.9 Å². The van der Waals surface area contributed by atoms with Crippen LogP contribution in [0.5, 0.6) is 5.75 Å². The third kappa shape index (κ3) is 2.62. The Morgan fingerprint density at radius 1 is 1.24 bits per heavy atom. The van der Waals surface area contributed by atoms with Gasteiger partial charge in [-0.3, -0.25) is 0 Å². The van der Waals surface area contributed by atoms with Crippen LogP contribution in [0.3, 0.4) is 0 Å². The van der Waals surface area contributed by atoms with Gasteiger partial charge < -0.3 is 9.84 Å².